The van der Waals surface area contributed by atoms with Crippen LogP contribution in [-0.4, -0.2) is 38.7 Å². The average molecular weight is 485 g/mol. The Hall–Kier alpha value is -2.96. The van der Waals surface area contributed by atoms with Crippen LogP contribution in [0.1, 0.15) is 25.8 Å². The number of hydrogen-bond donors (Lipinski definition) is 3. The number of benzene rings is 2. The molecule has 0 radical (unpaired) electrons. The Balaban J connectivity index is 1.41. The van der Waals surface area contributed by atoms with E-state index in [1.54, 1.807) is 36.4 Å². The fourth-order valence-electron chi connectivity index (χ4n) is 5.21. The summed E-state index contributed by atoms with van der Waals surface area (Å²) in [6.07, 6.45) is 2.11. The molecule has 1 heterocycles. The number of nitrogens with zero attached hydrogens (tertiary/aromatic N) is 1. The van der Waals surface area contributed by atoms with Crippen LogP contribution in [0, 0.1) is 34.9 Å². The fraction of sp³-hybridized carbons (Fsp3) is 0.440. The highest BCUT2D eigenvalue weighted by Crippen LogP contribution is 2.44. The van der Waals surface area contributed by atoms with Crippen molar-refractivity contribution in [2.75, 3.05) is 11.0 Å². The predicted octanol–water partition coefficient (Wildman–Crippen LogP) is 3.05. The summed E-state index contributed by atoms with van der Waals surface area (Å²) in [6.45, 7) is 4.37. The third kappa shape index (κ3) is 5.08. The number of piperidine rings is 1. The van der Waals surface area contributed by atoms with E-state index in [1.807, 2.05) is 0 Å². The molecule has 4 rings (SSSR count). The van der Waals surface area contributed by atoms with Gasteiger partial charge in [-0.25, -0.2) is 12.8 Å². The van der Waals surface area contributed by atoms with Crippen molar-refractivity contribution in [2.45, 2.75) is 44.8 Å². The Kier molecular flexibility index (Phi) is 6.65. The van der Waals surface area contributed by atoms with E-state index in [0.717, 1.165) is 18.2 Å². The van der Waals surface area contributed by atoms with Crippen molar-refractivity contribution in [1.29, 1.82) is 5.26 Å². The molecule has 34 heavy (non-hydrogen) atoms. The van der Waals surface area contributed by atoms with Crippen LogP contribution in [0.2, 0.25) is 0 Å². The van der Waals surface area contributed by atoms with Crippen LogP contribution in [0.15, 0.2) is 42.5 Å². The Morgan fingerprint density at radius 1 is 1.18 bits per heavy atom. The standard InChI is InChI=1S/C25H29FN4O3S/c1-14-15(2)23-12-21(14)24(29-23)25(31)28-20(13-27)10-18-5-4-17(11-22(18)26)16-6-8-19(9-7-16)30-34(3,32)33/h4-9,11,14-15,20-21,23-24,29-30H,10,12H2,1-3H3,(H,28,31)/t14-,15+,20+,21+,23+,24+/m1/s1. The van der Waals surface area contributed by atoms with Crippen LogP contribution in [-0.2, 0) is 21.2 Å². The summed E-state index contributed by atoms with van der Waals surface area (Å²) >= 11 is 0. The molecule has 3 N–H and O–H groups in total. The molecule has 2 bridgehead atoms. The van der Waals surface area contributed by atoms with E-state index >= 15 is 0 Å². The van der Waals surface area contributed by atoms with E-state index < -0.39 is 21.9 Å². The zero-order valence-corrected chi connectivity index (χ0v) is 20.2. The van der Waals surface area contributed by atoms with Gasteiger partial charge in [0.25, 0.3) is 0 Å². The summed E-state index contributed by atoms with van der Waals surface area (Å²) in [6, 6.07) is 12.6. The molecule has 1 aliphatic heterocycles. The van der Waals surface area contributed by atoms with E-state index in [4.69, 9.17) is 0 Å². The number of hydrogen-bond acceptors (Lipinski definition) is 5. The number of fused-ring (bicyclic) bond motifs is 2. The molecule has 0 spiro atoms. The maximum atomic E-state index is 14.9. The molecule has 2 aromatic rings. The van der Waals surface area contributed by atoms with Gasteiger partial charge in [0.1, 0.15) is 11.9 Å². The molecule has 1 saturated heterocycles. The highest BCUT2D eigenvalue weighted by molar-refractivity contribution is 7.92. The second-order valence-electron chi connectivity index (χ2n) is 9.52. The summed E-state index contributed by atoms with van der Waals surface area (Å²) < 4.78 is 39.9. The summed E-state index contributed by atoms with van der Waals surface area (Å²) in [4.78, 5) is 12.8. The minimum Gasteiger partial charge on any atom is -0.339 e. The first kappa shape index (κ1) is 24.2. The second kappa shape index (κ2) is 9.35. The molecule has 0 unspecified atom stereocenters. The van der Waals surface area contributed by atoms with Gasteiger partial charge >= 0.3 is 0 Å². The van der Waals surface area contributed by atoms with Crippen molar-refractivity contribution in [1.82, 2.24) is 10.6 Å². The van der Waals surface area contributed by atoms with Crippen molar-refractivity contribution in [3.8, 4) is 17.2 Å². The summed E-state index contributed by atoms with van der Waals surface area (Å²) in [5.74, 6) is 0.571. The highest BCUT2D eigenvalue weighted by Gasteiger charge is 2.51. The Morgan fingerprint density at radius 3 is 2.41 bits per heavy atom. The molecular formula is C25H29FN4O3S. The molecule has 2 aromatic carbocycles. The number of rotatable bonds is 7. The lowest BCUT2D eigenvalue weighted by Crippen LogP contribution is -2.54. The Labute approximate surface area is 199 Å². The smallest absolute Gasteiger partial charge is 0.238 e. The van der Waals surface area contributed by atoms with Gasteiger partial charge in [-0.15, -0.1) is 0 Å². The number of halogens is 1. The van der Waals surface area contributed by atoms with Crippen LogP contribution in [0.3, 0.4) is 0 Å². The van der Waals surface area contributed by atoms with Crippen molar-refractivity contribution in [3.05, 3.63) is 53.8 Å². The average Bonchev–Trinajstić information content (AvgIpc) is 3.34. The van der Waals surface area contributed by atoms with Gasteiger partial charge in [-0.05, 0) is 59.1 Å². The summed E-state index contributed by atoms with van der Waals surface area (Å²) in [7, 11) is -3.37. The molecule has 7 nitrogen and oxygen atoms in total. The van der Waals surface area contributed by atoms with Gasteiger partial charge in [-0.2, -0.15) is 5.26 Å². The minimum absolute atomic E-state index is 0.0678. The number of sulfonamides is 1. The van der Waals surface area contributed by atoms with E-state index in [-0.39, 0.29) is 24.3 Å². The maximum Gasteiger partial charge on any atom is 0.238 e. The lowest BCUT2D eigenvalue weighted by molar-refractivity contribution is -0.125. The lowest BCUT2D eigenvalue weighted by atomic mass is 9.84. The second-order valence-corrected chi connectivity index (χ2v) is 11.3. The first-order valence-corrected chi connectivity index (χ1v) is 13.3. The molecule has 2 fully saturated rings. The molecular weight excluding hydrogens is 455 g/mol. The summed E-state index contributed by atoms with van der Waals surface area (Å²) in [5.41, 5.74) is 2.11. The van der Waals surface area contributed by atoms with E-state index in [2.05, 4.69) is 35.3 Å². The number of nitriles is 1. The largest absolute Gasteiger partial charge is 0.339 e. The number of amides is 1. The Morgan fingerprint density at radius 2 is 1.85 bits per heavy atom. The van der Waals surface area contributed by atoms with Crippen molar-refractivity contribution >= 4 is 21.6 Å². The van der Waals surface area contributed by atoms with Crippen LogP contribution in [0.5, 0.6) is 0 Å². The molecule has 1 amide bonds. The first-order chi connectivity index (χ1) is 16.1. The van der Waals surface area contributed by atoms with Gasteiger partial charge in [0.05, 0.1) is 18.4 Å². The lowest BCUT2D eigenvalue weighted by Gasteiger charge is -2.32. The van der Waals surface area contributed by atoms with Gasteiger partial charge in [0.2, 0.25) is 15.9 Å². The maximum absolute atomic E-state index is 14.9. The number of carbonyl (C=O) groups is 1. The fourth-order valence-corrected chi connectivity index (χ4v) is 5.77. The molecule has 1 saturated carbocycles. The molecule has 9 heteroatoms. The SMILES string of the molecule is C[C@@H]1[C@H](C)[C@@H]2C[C@@H]1[C@@H](C(=O)N[C@H](C#N)Cc1ccc(-c3ccc(NS(C)(=O)=O)cc3)cc1F)N2. The quantitative estimate of drug-likeness (QED) is 0.559. The minimum atomic E-state index is -3.37. The van der Waals surface area contributed by atoms with Gasteiger partial charge in [-0.3, -0.25) is 9.52 Å². The van der Waals surface area contributed by atoms with Crippen molar-refractivity contribution < 1.29 is 17.6 Å². The van der Waals surface area contributed by atoms with Crippen LogP contribution >= 0.6 is 0 Å². The Bertz CT molecular complexity index is 1220. The molecule has 2 aliphatic rings. The zero-order chi connectivity index (χ0) is 24.6. The number of nitrogens with one attached hydrogen (secondary N) is 3. The van der Waals surface area contributed by atoms with E-state index in [0.29, 0.717) is 34.7 Å². The van der Waals surface area contributed by atoms with Gasteiger partial charge in [0.15, 0.2) is 0 Å². The van der Waals surface area contributed by atoms with Gasteiger partial charge in [-0.1, -0.05) is 38.1 Å². The third-order valence-corrected chi connectivity index (χ3v) is 7.85. The van der Waals surface area contributed by atoms with Crippen LogP contribution in [0.25, 0.3) is 11.1 Å². The monoisotopic (exact) mass is 484 g/mol. The van der Waals surface area contributed by atoms with Gasteiger partial charge in [0, 0.05) is 18.2 Å². The van der Waals surface area contributed by atoms with E-state index in [9.17, 15) is 22.9 Å². The molecule has 6 atom stereocenters. The van der Waals surface area contributed by atoms with Gasteiger partial charge < -0.3 is 10.6 Å². The normalized spacial score (nSPS) is 26.6. The van der Waals surface area contributed by atoms with Crippen LogP contribution < -0.4 is 15.4 Å². The van der Waals surface area contributed by atoms with Crippen molar-refractivity contribution in [3.63, 3.8) is 0 Å². The number of anilines is 1. The zero-order valence-electron chi connectivity index (χ0n) is 19.4. The number of carbonyl (C=O) groups excluding carboxylic acids is 1. The first-order valence-electron chi connectivity index (χ1n) is 11.4. The van der Waals surface area contributed by atoms with E-state index in [1.165, 1.54) is 6.07 Å². The predicted molar refractivity (Wildman–Crippen MR) is 129 cm³/mol. The molecule has 0 aromatic heterocycles. The van der Waals surface area contributed by atoms with Crippen molar-refractivity contribution in [2.24, 2.45) is 17.8 Å². The molecule has 1 aliphatic carbocycles. The third-order valence-electron chi connectivity index (χ3n) is 7.24. The topological polar surface area (TPSA) is 111 Å². The van der Waals surface area contributed by atoms with Crippen LogP contribution in [0.4, 0.5) is 10.1 Å². The molecule has 180 valence electrons. The summed E-state index contributed by atoms with van der Waals surface area (Å²) in [5, 5.41) is 15.8. The highest BCUT2D eigenvalue weighted by atomic mass is 32.2.